The van der Waals surface area contributed by atoms with Gasteiger partial charge in [0.05, 0.1) is 23.7 Å². The van der Waals surface area contributed by atoms with Crippen LogP contribution in [0.3, 0.4) is 0 Å². The number of nitrogens with one attached hydrogen (secondary N) is 2. The van der Waals surface area contributed by atoms with E-state index in [2.05, 4.69) is 9.97 Å². The smallest absolute Gasteiger partial charge is 0.337 e. The van der Waals surface area contributed by atoms with Crippen LogP contribution in [0.5, 0.6) is 0 Å². The molecule has 8 heteroatoms. The predicted octanol–water partition coefficient (Wildman–Crippen LogP) is 2.88. The van der Waals surface area contributed by atoms with E-state index < -0.39 is 5.91 Å². The van der Waals surface area contributed by atoms with E-state index in [-0.39, 0.29) is 18.4 Å². The van der Waals surface area contributed by atoms with E-state index in [1.165, 1.54) is 18.7 Å². The largest absolute Gasteiger partial charge is 0.465 e. The zero-order chi connectivity index (χ0) is 18.5. The maximum absolute atomic E-state index is 11.6. The molecule has 27 heavy (non-hydrogen) atoms. The lowest BCUT2D eigenvalue weighted by Crippen LogP contribution is -2.14. The molecule has 0 unspecified atom stereocenters. The molecule has 3 aromatic rings. The highest BCUT2D eigenvalue weighted by Crippen LogP contribution is 2.17. The van der Waals surface area contributed by atoms with Gasteiger partial charge in [-0.25, -0.2) is 15.3 Å². The van der Waals surface area contributed by atoms with Gasteiger partial charge in [-0.15, -0.1) is 12.4 Å². The number of aromatic amines is 1. The molecule has 1 aromatic heterocycles. The number of amides is 1. The van der Waals surface area contributed by atoms with Crippen molar-refractivity contribution in [3.63, 3.8) is 0 Å². The van der Waals surface area contributed by atoms with Gasteiger partial charge < -0.3 is 9.72 Å². The molecule has 0 saturated carbocycles. The Bertz CT molecular complexity index is 980. The summed E-state index contributed by atoms with van der Waals surface area (Å²) in [5.74, 6) is -0.186. The fourth-order valence-corrected chi connectivity index (χ4v) is 2.54. The van der Waals surface area contributed by atoms with Crippen molar-refractivity contribution in [3.05, 3.63) is 71.1 Å². The first-order valence-electron chi connectivity index (χ1n) is 7.87. The van der Waals surface area contributed by atoms with Crippen LogP contribution < -0.4 is 5.48 Å². The second-order valence-electron chi connectivity index (χ2n) is 5.63. The Balaban J connectivity index is 0.00000261. The number of methoxy groups -OCH3 is 1. The summed E-state index contributed by atoms with van der Waals surface area (Å²) in [5, 5.41) is 8.46. The third-order valence-corrected chi connectivity index (χ3v) is 3.84. The molecule has 0 aliphatic rings. The molecule has 0 spiro atoms. The number of aromatic nitrogens is 2. The molecule has 0 fully saturated rings. The first-order valence-corrected chi connectivity index (χ1v) is 7.87. The van der Waals surface area contributed by atoms with E-state index in [0.29, 0.717) is 12.0 Å². The molecule has 1 heterocycles. The van der Waals surface area contributed by atoms with Crippen LogP contribution in [0.4, 0.5) is 0 Å². The quantitative estimate of drug-likeness (QED) is 0.270. The third-order valence-electron chi connectivity index (χ3n) is 3.84. The van der Waals surface area contributed by atoms with Crippen LogP contribution in [0.25, 0.3) is 17.1 Å². The standard InChI is InChI=1S/C19H17N3O4.ClH/c1-26-19(24)14-7-8-15-16(11-14)21-17(20-15)10-13-4-2-12(3-5-13)6-9-18(23)22-25;/h2-9,11,25H,10H2,1H3,(H,20,21)(H,22,23);1H/b9-6+;. The van der Waals surface area contributed by atoms with Gasteiger partial charge in [-0.2, -0.15) is 0 Å². The van der Waals surface area contributed by atoms with Crippen molar-refractivity contribution in [1.29, 1.82) is 0 Å². The van der Waals surface area contributed by atoms with Crippen molar-refractivity contribution in [1.82, 2.24) is 15.4 Å². The number of fused-ring (bicyclic) bond motifs is 1. The average Bonchev–Trinajstić information content (AvgIpc) is 3.07. The molecule has 0 atom stereocenters. The number of hydrogen-bond donors (Lipinski definition) is 3. The summed E-state index contributed by atoms with van der Waals surface area (Å²) in [5.41, 5.74) is 5.45. The van der Waals surface area contributed by atoms with E-state index in [1.807, 2.05) is 24.3 Å². The van der Waals surface area contributed by atoms with Gasteiger partial charge in [0.25, 0.3) is 5.91 Å². The number of rotatable bonds is 5. The van der Waals surface area contributed by atoms with Crippen LogP contribution >= 0.6 is 12.4 Å². The van der Waals surface area contributed by atoms with Crippen LogP contribution in [-0.2, 0) is 16.0 Å². The number of hydrogen-bond acceptors (Lipinski definition) is 5. The van der Waals surface area contributed by atoms with Crippen LogP contribution in [0, 0.1) is 0 Å². The lowest BCUT2D eigenvalue weighted by molar-refractivity contribution is -0.124. The maximum Gasteiger partial charge on any atom is 0.337 e. The Hall–Kier alpha value is -3.16. The molecule has 7 nitrogen and oxygen atoms in total. The second-order valence-corrected chi connectivity index (χ2v) is 5.63. The van der Waals surface area contributed by atoms with Crippen LogP contribution in [-0.4, -0.2) is 34.2 Å². The molecule has 0 aliphatic heterocycles. The third kappa shape index (κ3) is 4.93. The first kappa shape index (κ1) is 20.2. The van der Waals surface area contributed by atoms with E-state index in [0.717, 1.165) is 28.0 Å². The van der Waals surface area contributed by atoms with Gasteiger partial charge in [-0.1, -0.05) is 24.3 Å². The number of benzene rings is 2. The molecule has 1 amide bonds. The molecular formula is C19H18ClN3O4. The van der Waals surface area contributed by atoms with E-state index >= 15 is 0 Å². The highest BCUT2D eigenvalue weighted by Gasteiger charge is 2.09. The Morgan fingerprint density at radius 2 is 1.96 bits per heavy atom. The summed E-state index contributed by atoms with van der Waals surface area (Å²) in [6.07, 6.45) is 3.45. The summed E-state index contributed by atoms with van der Waals surface area (Å²) in [6, 6.07) is 12.8. The Morgan fingerprint density at radius 3 is 2.63 bits per heavy atom. The zero-order valence-corrected chi connectivity index (χ0v) is 15.2. The fourth-order valence-electron chi connectivity index (χ4n) is 2.54. The van der Waals surface area contributed by atoms with Crippen molar-refractivity contribution in [2.24, 2.45) is 0 Å². The fraction of sp³-hybridized carbons (Fsp3) is 0.105. The van der Waals surface area contributed by atoms with Crippen LogP contribution in [0.2, 0.25) is 0 Å². The van der Waals surface area contributed by atoms with Crippen molar-refractivity contribution in [3.8, 4) is 0 Å². The van der Waals surface area contributed by atoms with Gasteiger partial charge in [0.2, 0.25) is 0 Å². The number of hydroxylamine groups is 1. The van der Waals surface area contributed by atoms with Crippen molar-refractivity contribution in [2.45, 2.75) is 6.42 Å². The Kier molecular flexibility index (Phi) is 6.70. The number of H-pyrrole nitrogens is 1. The van der Waals surface area contributed by atoms with Gasteiger partial charge in [0, 0.05) is 12.5 Å². The van der Waals surface area contributed by atoms with Gasteiger partial charge in [0.1, 0.15) is 5.82 Å². The van der Waals surface area contributed by atoms with Gasteiger partial charge in [-0.05, 0) is 35.4 Å². The molecule has 3 N–H and O–H groups in total. The number of esters is 1. The maximum atomic E-state index is 11.6. The number of ether oxygens (including phenoxy) is 1. The highest BCUT2D eigenvalue weighted by molar-refractivity contribution is 5.93. The van der Waals surface area contributed by atoms with Gasteiger partial charge in [-0.3, -0.25) is 10.0 Å². The van der Waals surface area contributed by atoms with Crippen LogP contribution in [0.15, 0.2) is 48.5 Å². The number of carbonyl (C=O) groups is 2. The minimum Gasteiger partial charge on any atom is -0.465 e. The SMILES string of the molecule is COC(=O)c1ccc2nc(Cc3ccc(/C=C/C(=O)NO)cc3)[nH]c2c1.Cl. The predicted molar refractivity (Wildman–Crippen MR) is 103 cm³/mol. The van der Waals surface area contributed by atoms with Crippen LogP contribution in [0.1, 0.15) is 27.3 Å². The minimum absolute atomic E-state index is 0. The first-order chi connectivity index (χ1) is 12.6. The summed E-state index contributed by atoms with van der Waals surface area (Å²) < 4.78 is 4.72. The summed E-state index contributed by atoms with van der Waals surface area (Å²) in [4.78, 5) is 30.3. The minimum atomic E-state index is -0.581. The van der Waals surface area contributed by atoms with E-state index in [1.54, 1.807) is 24.3 Å². The number of halogens is 1. The summed E-state index contributed by atoms with van der Waals surface area (Å²) in [6.45, 7) is 0. The van der Waals surface area contributed by atoms with Crippen molar-refractivity contribution in [2.75, 3.05) is 7.11 Å². The van der Waals surface area contributed by atoms with Gasteiger partial charge in [0.15, 0.2) is 0 Å². The van der Waals surface area contributed by atoms with Gasteiger partial charge >= 0.3 is 5.97 Å². The lowest BCUT2D eigenvalue weighted by atomic mass is 10.1. The molecule has 2 aromatic carbocycles. The second kappa shape index (κ2) is 8.98. The number of imidazole rings is 1. The lowest BCUT2D eigenvalue weighted by Gasteiger charge is -1.99. The number of carbonyl (C=O) groups excluding carboxylic acids is 2. The molecule has 140 valence electrons. The number of nitrogens with zero attached hydrogens (tertiary/aromatic N) is 1. The Labute approximate surface area is 161 Å². The molecule has 3 rings (SSSR count). The van der Waals surface area contributed by atoms with E-state index in [9.17, 15) is 9.59 Å². The molecule has 0 aliphatic carbocycles. The average molecular weight is 388 g/mol. The van der Waals surface area contributed by atoms with Crippen molar-refractivity contribution < 1.29 is 19.5 Å². The molecule has 0 saturated heterocycles. The molecule has 0 bridgehead atoms. The Morgan fingerprint density at radius 1 is 1.22 bits per heavy atom. The summed E-state index contributed by atoms with van der Waals surface area (Å²) in [7, 11) is 1.35. The van der Waals surface area contributed by atoms with E-state index in [4.69, 9.17) is 9.94 Å². The zero-order valence-electron chi connectivity index (χ0n) is 14.4. The highest BCUT2D eigenvalue weighted by atomic mass is 35.5. The van der Waals surface area contributed by atoms with Crippen molar-refractivity contribution >= 4 is 41.4 Å². The summed E-state index contributed by atoms with van der Waals surface area (Å²) >= 11 is 0. The molecular weight excluding hydrogens is 370 g/mol. The topological polar surface area (TPSA) is 104 Å². The monoisotopic (exact) mass is 387 g/mol. The molecule has 0 radical (unpaired) electrons. The normalized spacial score (nSPS) is 10.6.